The standard InChI is InChI=1S/C17H35N3O/c1-5-19(6-2)11-12-20(14-15(3)4)17(21)13-18-16-9-7-8-10-16/h15-16,18H,5-14H2,1-4H3. The molecular formula is C17H35N3O. The van der Waals surface area contributed by atoms with E-state index in [-0.39, 0.29) is 5.91 Å². The first kappa shape index (κ1) is 18.4. The third-order valence-electron chi connectivity index (χ3n) is 4.42. The summed E-state index contributed by atoms with van der Waals surface area (Å²) >= 11 is 0. The van der Waals surface area contributed by atoms with Crippen LogP contribution in [0.1, 0.15) is 53.4 Å². The molecule has 1 rings (SSSR count). The number of nitrogens with one attached hydrogen (secondary N) is 1. The van der Waals surface area contributed by atoms with Crippen molar-refractivity contribution in [2.24, 2.45) is 5.92 Å². The fourth-order valence-electron chi connectivity index (χ4n) is 3.03. The molecule has 0 aromatic carbocycles. The first-order chi connectivity index (χ1) is 10.1. The molecule has 1 saturated carbocycles. The topological polar surface area (TPSA) is 35.6 Å². The van der Waals surface area contributed by atoms with Crippen LogP contribution in [0.25, 0.3) is 0 Å². The summed E-state index contributed by atoms with van der Waals surface area (Å²) in [5.41, 5.74) is 0. The number of likely N-dealkylation sites (N-methyl/N-ethyl adjacent to an activating group) is 1. The molecule has 0 aromatic rings. The smallest absolute Gasteiger partial charge is 0.236 e. The SMILES string of the molecule is CCN(CC)CCN(CC(C)C)C(=O)CNC1CCCC1. The van der Waals surface area contributed by atoms with Crippen LogP contribution in [-0.4, -0.2) is 61.0 Å². The lowest BCUT2D eigenvalue weighted by atomic mass is 10.2. The van der Waals surface area contributed by atoms with Crippen molar-refractivity contribution in [1.82, 2.24) is 15.1 Å². The predicted molar refractivity (Wildman–Crippen MR) is 89.5 cm³/mol. The average molecular weight is 297 g/mol. The van der Waals surface area contributed by atoms with Gasteiger partial charge in [0.2, 0.25) is 5.91 Å². The Labute approximate surface area is 131 Å². The van der Waals surface area contributed by atoms with Gasteiger partial charge in [-0.2, -0.15) is 0 Å². The van der Waals surface area contributed by atoms with Crippen LogP contribution in [0.2, 0.25) is 0 Å². The summed E-state index contributed by atoms with van der Waals surface area (Å²) in [6.07, 6.45) is 5.08. The van der Waals surface area contributed by atoms with Crippen LogP contribution in [0.15, 0.2) is 0 Å². The third-order valence-corrected chi connectivity index (χ3v) is 4.42. The van der Waals surface area contributed by atoms with Gasteiger partial charge in [0, 0.05) is 25.7 Å². The van der Waals surface area contributed by atoms with E-state index < -0.39 is 0 Å². The monoisotopic (exact) mass is 297 g/mol. The summed E-state index contributed by atoms with van der Waals surface area (Å²) in [6, 6.07) is 0.567. The van der Waals surface area contributed by atoms with E-state index in [0.29, 0.717) is 18.5 Å². The number of rotatable bonds is 10. The van der Waals surface area contributed by atoms with E-state index in [2.05, 4.69) is 37.9 Å². The van der Waals surface area contributed by atoms with E-state index in [4.69, 9.17) is 0 Å². The van der Waals surface area contributed by atoms with Crippen molar-refractivity contribution in [3.05, 3.63) is 0 Å². The molecule has 1 N–H and O–H groups in total. The number of amides is 1. The van der Waals surface area contributed by atoms with Crippen LogP contribution in [-0.2, 0) is 4.79 Å². The van der Waals surface area contributed by atoms with Crippen molar-refractivity contribution >= 4 is 5.91 Å². The summed E-state index contributed by atoms with van der Waals surface area (Å²) in [7, 11) is 0. The second-order valence-electron chi connectivity index (χ2n) is 6.62. The lowest BCUT2D eigenvalue weighted by Gasteiger charge is -2.28. The van der Waals surface area contributed by atoms with Crippen LogP contribution in [0, 0.1) is 5.92 Å². The third kappa shape index (κ3) is 7.28. The fourth-order valence-corrected chi connectivity index (χ4v) is 3.03. The molecule has 21 heavy (non-hydrogen) atoms. The Kier molecular flexibility index (Phi) is 8.93. The van der Waals surface area contributed by atoms with Crippen molar-refractivity contribution in [2.75, 3.05) is 39.3 Å². The maximum absolute atomic E-state index is 12.5. The van der Waals surface area contributed by atoms with Gasteiger partial charge in [0.15, 0.2) is 0 Å². The molecular weight excluding hydrogens is 262 g/mol. The Balaban J connectivity index is 2.40. The highest BCUT2D eigenvalue weighted by Crippen LogP contribution is 2.17. The molecule has 0 unspecified atom stereocenters. The maximum Gasteiger partial charge on any atom is 0.236 e. The molecule has 0 aromatic heterocycles. The van der Waals surface area contributed by atoms with Gasteiger partial charge in [-0.05, 0) is 31.8 Å². The van der Waals surface area contributed by atoms with E-state index in [1.807, 2.05) is 4.90 Å². The minimum absolute atomic E-state index is 0.266. The average Bonchev–Trinajstić information content (AvgIpc) is 2.97. The number of hydrogen-bond acceptors (Lipinski definition) is 3. The first-order valence-corrected chi connectivity index (χ1v) is 8.80. The molecule has 4 nitrogen and oxygen atoms in total. The molecule has 1 aliphatic carbocycles. The zero-order valence-electron chi connectivity index (χ0n) is 14.5. The quantitative estimate of drug-likeness (QED) is 0.672. The van der Waals surface area contributed by atoms with Gasteiger partial charge in [0.25, 0.3) is 0 Å². The van der Waals surface area contributed by atoms with Crippen molar-refractivity contribution in [1.29, 1.82) is 0 Å². The van der Waals surface area contributed by atoms with Crippen molar-refractivity contribution in [3.8, 4) is 0 Å². The summed E-state index contributed by atoms with van der Waals surface area (Å²) in [5.74, 6) is 0.792. The van der Waals surface area contributed by atoms with Crippen LogP contribution in [0.4, 0.5) is 0 Å². The Morgan fingerprint density at radius 2 is 1.76 bits per heavy atom. The fraction of sp³-hybridized carbons (Fsp3) is 0.941. The molecule has 1 fully saturated rings. The van der Waals surface area contributed by atoms with Crippen LogP contribution in [0.3, 0.4) is 0 Å². The molecule has 4 heteroatoms. The molecule has 0 heterocycles. The zero-order valence-corrected chi connectivity index (χ0v) is 14.5. The molecule has 0 atom stereocenters. The van der Waals surface area contributed by atoms with E-state index in [9.17, 15) is 4.79 Å². The number of carbonyl (C=O) groups excluding carboxylic acids is 1. The van der Waals surface area contributed by atoms with Gasteiger partial charge in [-0.15, -0.1) is 0 Å². The molecule has 0 bridgehead atoms. The van der Waals surface area contributed by atoms with Gasteiger partial charge in [0.05, 0.1) is 6.54 Å². The lowest BCUT2D eigenvalue weighted by Crippen LogP contribution is -2.45. The van der Waals surface area contributed by atoms with Gasteiger partial charge < -0.3 is 15.1 Å². The molecule has 0 spiro atoms. The van der Waals surface area contributed by atoms with Gasteiger partial charge in [-0.1, -0.05) is 40.5 Å². The highest BCUT2D eigenvalue weighted by atomic mass is 16.2. The highest BCUT2D eigenvalue weighted by Gasteiger charge is 2.19. The molecule has 124 valence electrons. The largest absolute Gasteiger partial charge is 0.340 e. The number of hydrogen-bond donors (Lipinski definition) is 1. The molecule has 0 saturated heterocycles. The van der Waals surface area contributed by atoms with Crippen molar-refractivity contribution < 1.29 is 4.79 Å². The molecule has 1 aliphatic rings. The Bertz CT molecular complexity index is 284. The van der Waals surface area contributed by atoms with Crippen molar-refractivity contribution in [2.45, 2.75) is 59.4 Å². The van der Waals surface area contributed by atoms with Crippen molar-refractivity contribution in [3.63, 3.8) is 0 Å². The highest BCUT2D eigenvalue weighted by molar-refractivity contribution is 5.78. The minimum atomic E-state index is 0.266. The molecule has 0 aliphatic heterocycles. The van der Waals surface area contributed by atoms with Gasteiger partial charge in [-0.3, -0.25) is 4.79 Å². The summed E-state index contributed by atoms with van der Waals surface area (Å²) < 4.78 is 0. The Morgan fingerprint density at radius 3 is 2.29 bits per heavy atom. The van der Waals surface area contributed by atoms with Gasteiger partial charge in [0.1, 0.15) is 0 Å². The maximum atomic E-state index is 12.5. The molecule has 0 radical (unpaired) electrons. The zero-order chi connectivity index (χ0) is 15.7. The van der Waals surface area contributed by atoms with E-state index in [1.54, 1.807) is 0 Å². The Morgan fingerprint density at radius 1 is 1.14 bits per heavy atom. The normalized spacial score (nSPS) is 16.1. The second kappa shape index (κ2) is 10.2. The lowest BCUT2D eigenvalue weighted by molar-refractivity contribution is -0.131. The van der Waals surface area contributed by atoms with Crippen LogP contribution >= 0.6 is 0 Å². The van der Waals surface area contributed by atoms with E-state index >= 15 is 0 Å². The first-order valence-electron chi connectivity index (χ1n) is 8.80. The summed E-state index contributed by atoms with van der Waals surface area (Å²) in [5, 5.41) is 3.45. The molecule has 1 amide bonds. The number of carbonyl (C=O) groups is 1. The van der Waals surface area contributed by atoms with Crippen LogP contribution in [0.5, 0.6) is 0 Å². The number of nitrogens with zero attached hydrogens (tertiary/aromatic N) is 2. The van der Waals surface area contributed by atoms with Crippen LogP contribution < -0.4 is 5.32 Å². The predicted octanol–water partition coefficient (Wildman–Crippen LogP) is 2.34. The Hall–Kier alpha value is -0.610. The van der Waals surface area contributed by atoms with E-state index in [0.717, 1.165) is 32.7 Å². The van der Waals surface area contributed by atoms with E-state index in [1.165, 1.54) is 25.7 Å². The summed E-state index contributed by atoms with van der Waals surface area (Å²) in [4.78, 5) is 16.9. The van der Waals surface area contributed by atoms with Gasteiger partial charge in [-0.25, -0.2) is 0 Å². The second-order valence-corrected chi connectivity index (χ2v) is 6.62. The van der Waals surface area contributed by atoms with Gasteiger partial charge >= 0.3 is 0 Å². The summed E-state index contributed by atoms with van der Waals surface area (Å²) in [6.45, 7) is 14.0. The minimum Gasteiger partial charge on any atom is -0.340 e.